The first-order valence-corrected chi connectivity index (χ1v) is 8.12. The molecule has 0 saturated heterocycles. The number of hydrogen-bond acceptors (Lipinski definition) is 7. The van der Waals surface area contributed by atoms with E-state index in [0.717, 1.165) is 6.26 Å². The predicted octanol–water partition coefficient (Wildman–Crippen LogP) is 0.321. The van der Waals surface area contributed by atoms with Gasteiger partial charge in [0.05, 0.1) is 23.6 Å². The molecular formula is C12H19N3O4S. The molecule has 0 fully saturated rings. The Labute approximate surface area is 118 Å². The highest BCUT2D eigenvalue weighted by Crippen LogP contribution is 2.23. The third kappa shape index (κ3) is 4.37. The number of rotatable bonds is 6. The number of ether oxygens (including phenoxy) is 1. The largest absolute Gasteiger partial charge is 0.462 e. The van der Waals surface area contributed by atoms with E-state index in [2.05, 4.69) is 4.98 Å². The number of nitrogens with two attached hydrogens (primary N) is 1. The lowest BCUT2D eigenvalue weighted by atomic mass is 10.2. The SMILES string of the molecule is CCOC(=O)c1ccnc(N(C)CCS(C)(=O)=O)c1N. The molecule has 0 amide bonds. The molecule has 0 aliphatic heterocycles. The van der Waals surface area contributed by atoms with Crippen LogP contribution in [0.4, 0.5) is 11.5 Å². The summed E-state index contributed by atoms with van der Waals surface area (Å²) >= 11 is 0. The Balaban J connectivity index is 2.96. The molecule has 1 aromatic heterocycles. The Bertz CT molecular complexity index is 586. The number of nitrogen functional groups attached to an aromatic ring is 1. The standard InChI is InChI=1S/C12H19N3O4S/c1-4-19-12(16)9-5-6-14-11(10(9)13)15(2)7-8-20(3,17)18/h5-6H,4,7-8,13H2,1-3H3. The highest BCUT2D eigenvalue weighted by atomic mass is 32.2. The van der Waals surface area contributed by atoms with Gasteiger partial charge < -0.3 is 15.4 Å². The van der Waals surface area contributed by atoms with Crippen molar-refractivity contribution >= 4 is 27.3 Å². The van der Waals surface area contributed by atoms with Gasteiger partial charge in [-0.05, 0) is 13.0 Å². The average molecular weight is 301 g/mol. The van der Waals surface area contributed by atoms with E-state index in [1.165, 1.54) is 12.3 Å². The lowest BCUT2D eigenvalue weighted by molar-refractivity contribution is 0.0527. The van der Waals surface area contributed by atoms with Crippen LogP contribution in [-0.4, -0.2) is 51.6 Å². The summed E-state index contributed by atoms with van der Waals surface area (Å²) in [6.07, 6.45) is 2.60. The van der Waals surface area contributed by atoms with Gasteiger partial charge in [-0.3, -0.25) is 0 Å². The molecule has 0 spiro atoms. The minimum atomic E-state index is -3.08. The van der Waals surface area contributed by atoms with Crippen LogP contribution >= 0.6 is 0 Å². The number of anilines is 2. The van der Waals surface area contributed by atoms with E-state index < -0.39 is 15.8 Å². The summed E-state index contributed by atoms with van der Waals surface area (Å²) in [6, 6.07) is 1.47. The van der Waals surface area contributed by atoms with E-state index in [-0.39, 0.29) is 30.2 Å². The van der Waals surface area contributed by atoms with Gasteiger partial charge in [0.1, 0.15) is 9.84 Å². The van der Waals surface area contributed by atoms with E-state index in [0.29, 0.717) is 5.82 Å². The number of nitrogens with zero attached hydrogens (tertiary/aromatic N) is 2. The lowest BCUT2D eigenvalue weighted by Crippen LogP contribution is -2.27. The van der Waals surface area contributed by atoms with Crippen LogP contribution in [0, 0.1) is 0 Å². The second-order valence-corrected chi connectivity index (χ2v) is 6.63. The Morgan fingerprint density at radius 1 is 1.50 bits per heavy atom. The molecule has 0 aromatic carbocycles. The minimum Gasteiger partial charge on any atom is -0.462 e. The van der Waals surface area contributed by atoms with E-state index in [1.54, 1.807) is 18.9 Å². The van der Waals surface area contributed by atoms with Crippen molar-refractivity contribution in [2.24, 2.45) is 0 Å². The van der Waals surface area contributed by atoms with Gasteiger partial charge in [-0.1, -0.05) is 0 Å². The van der Waals surface area contributed by atoms with Crippen molar-refractivity contribution < 1.29 is 17.9 Å². The topological polar surface area (TPSA) is 103 Å². The highest BCUT2D eigenvalue weighted by Gasteiger charge is 2.17. The van der Waals surface area contributed by atoms with Crippen molar-refractivity contribution in [3.8, 4) is 0 Å². The quantitative estimate of drug-likeness (QED) is 0.755. The Morgan fingerprint density at radius 2 is 2.15 bits per heavy atom. The van der Waals surface area contributed by atoms with Gasteiger partial charge >= 0.3 is 5.97 Å². The van der Waals surface area contributed by atoms with E-state index in [4.69, 9.17) is 10.5 Å². The fourth-order valence-corrected chi connectivity index (χ4v) is 2.17. The van der Waals surface area contributed by atoms with Crippen LogP contribution in [0.2, 0.25) is 0 Å². The fourth-order valence-electron chi connectivity index (χ4n) is 1.56. The summed E-state index contributed by atoms with van der Waals surface area (Å²) in [4.78, 5) is 17.4. The fraction of sp³-hybridized carbons (Fsp3) is 0.500. The van der Waals surface area contributed by atoms with Crippen LogP contribution in [0.3, 0.4) is 0 Å². The van der Waals surface area contributed by atoms with E-state index in [9.17, 15) is 13.2 Å². The zero-order chi connectivity index (χ0) is 15.3. The van der Waals surface area contributed by atoms with E-state index in [1.807, 2.05) is 0 Å². The Kier molecular flexibility index (Phi) is 5.32. The minimum absolute atomic E-state index is 0.0196. The van der Waals surface area contributed by atoms with Crippen molar-refractivity contribution in [1.29, 1.82) is 0 Å². The smallest absolute Gasteiger partial charge is 0.340 e. The third-order valence-electron chi connectivity index (χ3n) is 2.62. The maximum atomic E-state index is 11.7. The van der Waals surface area contributed by atoms with Gasteiger partial charge in [0.2, 0.25) is 0 Å². The van der Waals surface area contributed by atoms with Crippen LogP contribution in [0.25, 0.3) is 0 Å². The summed E-state index contributed by atoms with van der Waals surface area (Å²) in [6.45, 7) is 2.19. The van der Waals surface area contributed by atoms with Gasteiger partial charge in [-0.2, -0.15) is 0 Å². The first-order chi connectivity index (χ1) is 9.26. The number of carbonyl (C=O) groups is 1. The summed E-state index contributed by atoms with van der Waals surface area (Å²) in [7, 11) is -1.41. The van der Waals surface area contributed by atoms with Crippen LogP contribution in [0.1, 0.15) is 17.3 Å². The number of sulfone groups is 1. The van der Waals surface area contributed by atoms with Crippen LogP contribution in [-0.2, 0) is 14.6 Å². The predicted molar refractivity (Wildman–Crippen MR) is 77.6 cm³/mol. The molecule has 20 heavy (non-hydrogen) atoms. The molecule has 0 bridgehead atoms. The number of esters is 1. The summed E-state index contributed by atoms with van der Waals surface area (Å²) in [5, 5.41) is 0. The zero-order valence-corrected chi connectivity index (χ0v) is 12.6. The van der Waals surface area contributed by atoms with Gasteiger partial charge in [-0.25, -0.2) is 18.2 Å². The summed E-state index contributed by atoms with van der Waals surface area (Å²) in [5.74, 6) is -0.182. The average Bonchev–Trinajstić information content (AvgIpc) is 2.35. The van der Waals surface area contributed by atoms with Crippen LogP contribution in [0.15, 0.2) is 12.3 Å². The molecule has 0 aliphatic rings. The molecule has 0 radical (unpaired) electrons. The van der Waals surface area contributed by atoms with Gasteiger partial charge in [0.15, 0.2) is 5.82 Å². The van der Waals surface area contributed by atoms with Gasteiger partial charge in [0, 0.05) is 26.0 Å². The number of aromatic nitrogens is 1. The lowest BCUT2D eigenvalue weighted by Gasteiger charge is -2.20. The molecule has 112 valence electrons. The first-order valence-electron chi connectivity index (χ1n) is 6.06. The number of pyridine rings is 1. The second kappa shape index (κ2) is 6.56. The third-order valence-corrected chi connectivity index (χ3v) is 3.55. The molecular weight excluding hydrogens is 282 g/mol. The molecule has 2 N–H and O–H groups in total. The van der Waals surface area contributed by atoms with Crippen molar-refractivity contribution in [1.82, 2.24) is 4.98 Å². The molecule has 1 rings (SSSR count). The van der Waals surface area contributed by atoms with Crippen molar-refractivity contribution in [3.63, 3.8) is 0 Å². The zero-order valence-electron chi connectivity index (χ0n) is 11.8. The Hall–Kier alpha value is -1.83. The molecule has 0 atom stereocenters. The van der Waals surface area contributed by atoms with Crippen molar-refractivity contribution in [2.75, 3.05) is 42.8 Å². The van der Waals surface area contributed by atoms with Crippen molar-refractivity contribution in [2.45, 2.75) is 6.92 Å². The molecule has 8 heteroatoms. The van der Waals surface area contributed by atoms with Crippen LogP contribution < -0.4 is 10.6 Å². The normalized spacial score (nSPS) is 11.2. The molecule has 0 aliphatic carbocycles. The maximum Gasteiger partial charge on any atom is 0.340 e. The van der Waals surface area contributed by atoms with Gasteiger partial charge in [0.25, 0.3) is 0 Å². The maximum absolute atomic E-state index is 11.7. The molecule has 7 nitrogen and oxygen atoms in total. The number of hydrogen-bond donors (Lipinski definition) is 1. The summed E-state index contributed by atoms with van der Waals surface area (Å²) < 4.78 is 27.2. The second-order valence-electron chi connectivity index (χ2n) is 4.37. The molecule has 1 aromatic rings. The Morgan fingerprint density at radius 3 is 2.70 bits per heavy atom. The first kappa shape index (κ1) is 16.2. The van der Waals surface area contributed by atoms with Crippen LogP contribution in [0.5, 0.6) is 0 Å². The summed E-state index contributed by atoms with van der Waals surface area (Å²) in [5.41, 5.74) is 6.31. The molecule has 0 unspecified atom stereocenters. The van der Waals surface area contributed by atoms with E-state index >= 15 is 0 Å². The van der Waals surface area contributed by atoms with Gasteiger partial charge in [-0.15, -0.1) is 0 Å². The highest BCUT2D eigenvalue weighted by molar-refractivity contribution is 7.90. The van der Waals surface area contributed by atoms with Crippen molar-refractivity contribution in [3.05, 3.63) is 17.8 Å². The molecule has 0 saturated carbocycles. The number of carbonyl (C=O) groups excluding carboxylic acids is 1. The molecule has 1 heterocycles. The monoisotopic (exact) mass is 301 g/mol.